The van der Waals surface area contributed by atoms with Crippen molar-refractivity contribution in [3.05, 3.63) is 86.6 Å². The predicted octanol–water partition coefficient (Wildman–Crippen LogP) is 2.38. The van der Waals surface area contributed by atoms with Gasteiger partial charge in [-0.15, -0.1) is 0 Å². The summed E-state index contributed by atoms with van der Waals surface area (Å²) < 4.78 is 14.8. The molecule has 2 aliphatic heterocycles. The van der Waals surface area contributed by atoms with Gasteiger partial charge in [0.1, 0.15) is 29.0 Å². The number of anilines is 1. The molecule has 1 atom stereocenters. The molecule has 1 unspecified atom stereocenters. The maximum absolute atomic E-state index is 13.0. The molecule has 0 aliphatic carbocycles. The summed E-state index contributed by atoms with van der Waals surface area (Å²) in [7, 11) is 3.19. The predicted molar refractivity (Wildman–Crippen MR) is 141 cm³/mol. The van der Waals surface area contributed by atoms with E-state index in [0.717, 1.165) is 49.3 Å². The van der Waals surface area contributed by atoms with Crippen molar-refractivity contribution in [3.63, 3.8) is 0 Å². The first-order chi connectivity index (χ1) is 17.9. The van der Waals surface area contributed by atoms with E-state index in [1.807, 2.05) is 48.5 Å². The Morgan fingerprint density at radius 3 is 2.43 bits per heavy atom. The lowest BCUT2D eigenvalue weighted by Gasteiger charge is -2.36. The summed E-state index contributed by atoms with van der Waals surface area (Å²) in [6.45, 7) is 4.49. The fourth-order valence-electron chi connectivity index (χ4n) is 5.02. The van der Waals surface area contributed by atoms with Gasteiger partial charge in [0, 0.05) is 52.9 Å². The molecular formula is C28H32N4O5. The molecule has 5 rings (SSSR count). The lowest BCUT2D eigenvalue weighted by atomic mass is 9.95. The van der Waals surface area contributed by atoms with E-state index in [-0.39, 0.29) is 23.1 Å². The molecule has 0 radical (unpaired) electrons. The van der Waals surface area contributed by atoms with Crippen molar-refractivity contribution in [1.29, 1.82) is 0 Å². The van der Waals surface area contributed by atoms with Crippen LogP contribution in [0.4, 0.5) is 5.82 Å². The largest absolute Gasteiger partial charge is 0.493 e. The normalized spacial score (nSPS) is 17.8. The SMILES string of the molecule is Cn1c(N2CCN(CCCOc3cccc4c3C(=O)CC(c3ccccc3)O4)CC2)cc(=O)n(C)c1=O. The number of nitrogens with zero attached hydrogens (tertiary/aromatic N) is 4. The molecule has 1 aromatic heterocycles. The van der Waals surface area contributed by atoms with Crippen LogP contribution >= 0.6 is 0 Å². The molecule has 3 heterocycles. The fourth-order valence-corrected chi connectivity index (χ4v) is 5.02. The molecule has 0 N–H and O–H groups in total. The number of hydrogen-bond acceptors (Lipinski definition) is 7. The number of fused-ring (bicyclic) bond motifs is 1. The molecule has 0 bridgehead atoms. The Labute approximate surface area is 215 Å². The first-order valence-electron chi connectivity index (χ1n) is 12.7. The second kappa shape index (κ2) is 10.6. The van der Waals surface area contributed by atoms with Crippen molar-refractivity contribution in [1.82, 2.24) is 14.0 Å². The molecule has 0 saturated carbocycles. The van der Waals surface area contributed by atoms with E-state index in [0.29, 0.717) is 35.9 Å². The van der Waals surface area contributed by atoms with Crippen molar-refractivity contribution in [2.75, 3.05) is 44.2 Å². The van der Waals surface area contributed by atoms with Crippen LogP contribution in [0.3, 0.4) is 0 Å². The Bertz CT molecular complexity index is 1390. The monoisotopic (exact) mass is 504 g/mol. The summed E-state index contributed by atoms with van der Waals surface area (Å²) in [5, 5.41) is 0. The second-order valence-electron chi connectivity index (χ2n) is 9.55. The topological polar surface area (TPSA) is 86.0 Å². The molecule has 1 fully saturated rings. The molecule has 2 aromatic carbocycles. The minimum atomic E-state index is -0.315. The number of carbonyl (C=O) groups excluding carboxylic acids is 1. The third kappa shape index (κ3) is 5.17. The van der Waals surface area contributed by atoms with Gasteiger partial charge in [0.15, 0.2) is 5.78 Å². The quantitative estimate of drug-likeness (QED) is 0.457. The van der Waals surface area contributed by atoms with Gasteiger partial charge in [-0.05, 0) is 24.1 Å². The van der Waals surface area contributed by atoms with Crippen LogP contribution < -0.4 is 25.6 Å². The standard InChI is InChI=1S/C28H32N4O5/c1-29-25(19-26(34)30(2)28(29)35)32-15-13-31(14-16-32)12-7-17-36-22-10-6-11-23-27(22)21(33)18-24(37-23)20-8-4-3-5-9-20/h3-6,8-11,19,24H,7,12-18H2,1-2H3. The summed E-state index contributed by atoms with van der Waals surface area (Å²) in [6, 6.07) is 16.8. The van der Waals surface area contributed by atoms with Gasteiger partial charge >= 0.3 is 5.69 Å². The van der Waals surface area contributed by atoms with Crippen LogP contribution in [-0.2, 0) is 14.1 Å². The van der Waals surface area contributed by atoms with Crippen LogP contribution in [0.15, 0.2) is 64.2 Å². The third-order valence-electron chi connectivity index (χ3n) is 7.15. The van der Waals surface area contributed by atoms with E-state index in [4.69, 9.17) is 9.47 Å². The fraction of sp³-hybridized carbons (Fsp3) is 0.393. The maximum Gasteiger partial charge on any atom is 0.332 e. The van der Waals surface area contributed by atoms with E-state index in [2.05, 4.69) is 9.80 Å². The minimum Gasteiger partial charge on any atom is -0.493 e. The highest BCUT2D eigenvalue weighted by molar-refractivity contribution is 6.02. The van der Waals surface area contributed by atoms with E-state index < -0.39 is 0 Å². The zero-order valence-electron chi connectivity index (χ0n) is 21.3. The van der Waals surface area contributed by atoms with Gasteiger partial charge in [-0.2, -0.15) is 0 Å². The smallest absolute Gasteiger partial charge is 0.332 e. The zero-order valence-corrected chi connectivity index (χ0v) is 21.3. The lowest BCUT2D eigenvalue weighted by Crippen LogP contribution is -2.49. The highest BCUT2D eigenvalue weighted by Gasteiger charge is 2.30. The summed E-state index contributed by atoms with van der Waals surface area (Å²) >= 11 is 0. The average molecular weight is 505 g/mol. The van der Waals surface area contributed by atoms with Gasteiger partial charge in [-0.25, -0.2) is 4.79 Å². The summed E-state index contributed by atoms with van der Waals surface area (Å²) in [6.07, 6.45) is 0.827. The van der Waals surface area contributed by atoms with Crippen molar-refractivity contribution in [3.8, 4) is 11.5 Å². The maximum atomic E-state index is 13.0. The molecule has 37 heavy (non-hydrogen) atoms. The molecular weight excluding hydrogens is 472 g/mol. The van der Waals surface area contributed by atoms with Crippen molar-refractivity contribution < 1.29 is 14.3 Å². The van der Waals surface area contributed by atoms with E-state index >= 15 is 0 Å². The van der Waals surface area contributed by atoms with Crippen LogP contribution in [0.2, 0.25) is 0 Å². The number of rotatable bonds is 7. The first kappa shape index (κ1) is 24.8. The molecule has 1 saturated heterocycles. The van der Waals surface area contributed by atoms with Crippen molar-refractivity contribution >= 4 is 11.6 Å². The van der Waals surface area contributed by atoms with Crippen molar-refractivity contribution in [2.45, 2.75) is 18.9 Å². The molecule has 9 heteroatoms. The Kier molecular flexibility index (Phi) is 7.14. The molecule has 0 amide bonds. The highest BCUT2D eigenvalue weighted by Crippen LogP contribution is 2.39. The Morgan fingerprint density at radius 1 is 0.919 bits per heavy atom. The third-order valence-corrected chi connectivity index (χ3v) is 7.15. The van der Waals surface area contributed by atoms with E-state index in [1.54, 1.807) is 7.05 Å². The number of ketones is 1. The van der Waals surface area contributed by atoms with Crippen LogP contribution in [0.25, 0.3) is 0 Å². The lowest BCUT2D eigenvalue weighted by molar-refractivity contribution is 0.0842. The summed E-state index contributed by atoms with van der Waals surface area (Å²) in [5.74, 6) is 1.84. The minimum absolute atomic E-state index is 0.0342. The van der Waals surface area contributed by atoms with Crippen LogP contribution in [0, 0.1) is 0 Å². The number of benzene rings is 2. The van der Waals surface area contributed by atoms with Crippen LogP contribution in [0.5, 0.6) is 11.5 Å². The van der Waals surface area contributed by atoms with Gasteiger partial charge in [-0.1, -0.05) is 36.4 Å². The van der Waals surface area contributed by atoms with E-state index in [9.17, 15) is 14.4 Å². The average Bonchev–Trinajstić information content (AvgIpc) is 2.92. The van der Waals surface area contributed by atoms with Gasteiger partial charge in [-0.3, -0.25) is 23.6 Å². The summed E-state index contributed by atoms with van der Waals surface area (Å²) in [5.41, 5.74) is 0.915. The summed E-state index contributed by atoms with van der Waals surface area (Å²) in [4.78, 5) is 41.7. The number of piperazine rings is 1. The first-order valence-corrected chi connectivity index (χ1v) is 12.7. The van der Waals surface area contributed by atoms with E-state index in [1.165, 1.54) is 17.7 Å². The second-order valence-corrected chi connectivity index (χ2v) is 9.55. The van der Waals surface area contributed by atoms with Gasteiger partial charge in [0.25, 0.3) is 5.56 Å². The zero-order chi connectivity index (χ0) is 25.9. The van der Waals surface area contributed by atoms with Crippen molar-refractivity contribution in [2.24, 2.45) is 14.1 Å². The van der Waals surface area contributed by atoms with Crippen LogP contribution in [0.1, 0.15) is 34.9 Å². The highest BCUT2D eigenvalue weighted by atomic mass is 16.5. The Morgan fingerprint density at radius 2 is 1.68 bits per heavy atom. The number of carbonyl (C=O) groups is 1. The van der Waals surface area contributed by atoms with Gasteiger partial charge in [0.2, 0.25) is 0 Å². The van der Waals surface area contributed by atoms with Gasteiger partial charge < -0.3 is 14.4 Å². The van der Waals surface area contributed by atoms with Crippen LogP contribution in [-0.4, -0.2) is 59.1 Å². The number of aromatic nitrogens is 2. The molecule has 2 aliphatic rings. The molecule has 194 valence electrons. The number of hydrogen-bond donors (Lipinski definition) is 0. The molecule has 0 spiro atoms. The number of Topliss-reactive ketones (excluding diaryl/α,β-unsaturated/α-hetero) is 1. The molecule has 3 aromatic rings. The Hall–Kier alpha value is -3.85. The molecule has 9 nitrogen and oxygen atoms in total. The van der Waals surface area contributed by atoms with Gasteiger partial charge in [0.05, 0.1) is 13.0 Å². The Balaban J connectivity index is 1.13. The number of ether oxygens (including phenoxy) is 2.